The summed E-state index contributed by atoms with van der Waals surface area (Å²) in [5.41, 5.74) is 4.69. The highest BCUT2D eigenvalue weighted by molar-refractivity contribution is 7.09. The molecule has 5 rings (SSSR count). The number of nitrogens with zero attached hydrogens (tertiary/aromatic N) is 2. The number of aryl methyl sites for hydroxylation is 1. The lowest BCUT2D eigenvalue weighted by Gasteiger charge is -2.21. The van der Waals surface area contributed by atoms with Crippen LogP contribution in [0.3, 0.4) is 0 Å². The Morgan fingerprint density at radius 1 is 0.976 bits per heavy atom. The molecule has 4 aromatic rings. The van der Waals surface area contributed by atoms with Crippen LogP contribution >= 0.6 is 11.3 Å². The number of hydrogen-bond donors (Lipinski definition) is 1. The third-order valence-electron chi connectivity index (χ3n) is 7.91. The zero-order valence-corrected chi connectivity index (χ0v) is 25.0. The monoisotopic (exact) mass is 573 g/mol. The van der Waals surface area contributed by atoms with Gasteiger partial charge in [-0.25, -0.2) is 4.98 Å². The van der Waals surface area contributed by atoms with E-state index in [0.717, 1.165) is 64.4 Å². The molecule has 7 nitrogen and oxygen atoms in total. The van der Waals surface area contributed by atoms with Crippen molar-refractivity contribution in [2.45, 2.75) is 58.6 Å². The zero-order valence-electron chi connectivity index (χ0n) is 24.2. The van der Waals surface area contributed by atoms with Gasteiger partial charge in [-0.2, -0.15) is 0 Å². The van der Waals surface area contributed by atoms with Crippen LogP contribution in [0.1, 0.15) is 58.7 Å². The number of ether oxygens (including phenoxy) is 3. The number of carbonyl (C=O) groups excluding carboxylic acids is 1. The highest BCUT2D eigenvalue weighted by atomic mass is 32.1. The third kappa shape index (κ3) is 7.30. The number of aromatic nitrogens is 2. The summed E-state index contributed by atoms with van der Waals surface area (Å²) >= 11 is 1.56. The van der Waals surface area contributed by atoms with Gasteiger partial charge in [-0.15, -0.1) is 11.3 Å². The molecule has 1 fully saturated rings. The van der Waals surface area contributed by atoms with E-state index >= 15 is 0 Å². The largest absolute Gasteiger partial charge is 0.497 e. The van der Waals surface area contributed by atoms with E-state index in [4.69, 9.17) is 19.2 Å². The Labute approximate surface area is 246 Å². The number of rotatable bonds is 12. The molecule has 216 valence electrons. The van der Waals surface area contributed by atoms with Gasteiger partial charge in [-0.3, -0.25) is 4.79 Å². The van der Waals surface area contributed by atoms with Crippen molar-refractivity contribution in [3.05, 3.63) is 81.8 Å². The maximum absolute atomic E-state index is 13.4. The summed E-state index contributed by atoms with van der Waals surface area (Å²) in [5, 5.41) is 6.15. The number of amides is 1. The minimum Gasteiger partial charge on any atom is -0.497 e. The van der Waals surface area contributed by atoms with Crippen LogP contribution in [0.25, 0.3) is 11.4 Å². The number of carbonyl (C=O) groups is 1. The molecule has 41 heavy (non-hydrogen) atoms. The van der Waals surface area contributed by atoms with Crippen molar-refractivity contribution in [3.8, 4) is 28.6 Å². The minimum atomic E-state index is -0.00388. The van der Waals surface area contributed by atoms with Crippen molar-refractivity contribution in [2.75, 3.05) is 20.8 Å². The average molecular weight is 574 g/mol. The van der Waals surface area contributed by atoms with Crippen LogP contribution < -0.4 is 19.5 Å². The third-order valence-corrected chi connectivity index (χ3v) is 8.73. The van der Waals surface area contributed by atoms with Crippen molar-refractivity contribution in [1.82, 2.24) is 14.9 Å². The summed E-state index contributed by atoms with van der Waals surface area (Å²) in [6.45, 7) is 3.89. The predicted molar refractivity (Wildman–Crippen MR) is 163 cm³/mol. The van der Waals surface area contributed by atoms with Crippen molar-refractivity contribution in [2.24, 2.45) is 5.92 Å². The molecule has 1 saturated carbocycles. The summed E-state index contributed by atoms with van der Waals surface area (Å²) in [6, 6.07) is 17.7. The van der Waals surface area contributed by atoms with Gasteiger partial charge in [0.15, 0.2) is 0 Å². The molecule has 0 spiro atoms. The quantitative estimate of drug-likeness (QED) is 0.196. The Bertz CT molecular complexity index is 1420. The van der Waals surface area contributed by atoms with Crippen LogP contribution in [0, 0.1) is 12.8 Å². The van der Waals surface area contributed by atoms with Crippen LogP contribution in [0.2, 0.25) is 0 Å². The van der Waals surface area contributed by atoms with Gasteiger partial charge in [-0.05, 0) is 80.1 Å². The molecule has 1 amide bonds. The molecule has 0 bridgehead atoms. The zero-order chi connectivity index (χ0) is 28.6. The molecule has 2 aromatic heterocycles. The second-order valence-corrected chi connectivity index (χ2v) is 11.5. The second kappa shape index (κ2) is 13.7. The molecule has 1 aliphatic carbocycles. The lowest BCUT2D eigenvalue weighted by molar-refractivity contribution is 0.0943. The number of nitrogens with one attached hydrogen (secondary N) is 1. The average Bonchev–Trinajstić information content (AvgIpc) is 3.63. The van der Waals surface area contributed by atoms with Gasteiger partial charge in [0.1, 0.15) is 28.9 Å². The maximum Gasteiger partial charge on any atom is 0.253 e. The normalized spacial score (nSPS) is 13.6. The minimum absolute atomic E-state index is 0.00388. The first-order valence-corrected chi connectivity index (χ1v) is 15.2. The van der Waals surface area contributed by atoms with Gasteiger partial charge < -0.3 is 24.1 Å². The van der Waals surface area contributed by atoms with Crippen molar-refractivity contribution >= 4 is 17.2 Å². The Hall–Kier alpha value is -3.78. The molecule has 1 N–H and O–H groups in total. The predicted octanol–water partition coefficient (Wildman–Crippen LogP) is 7.07. The summed E-state index contributed by atoms with van der Waals surface area (Å²) in [5.74, 6) is 2.97. The molecular formula is C33H39N3O4S. The molecule has 0 aliphatic heterocycles. The first kappa shape index (κ1) is 28.7. The van der Waals surface area contributed by atoms with E-state index in [1.54, 1.807) is 25.6 Å². The van der Waals surface area contributed by atoms with Gasteiger partial charge in [0.05, 0.1) is 31.2 Å². The Morgan fingerprint density at radius 2 is 1.63 bits per heavy atom. The standard InChI is InChI=1S/C33H39N3O4S/c1-23-29(33(37)34-20-25-7-5-4-6-8-25)19-31(36(23)18-17-24-9-11-26(38-2)12-10-24)30-22-41-32(35-30)21-40-28-15-13-27(39-3)14-16-28/h9-16,19,22,25H,4-8,17-18,20-21H2,1-3H3,(H,34,37). The molecule has 0 unspecified atom stereocenters. The lowest BCUT2D eigenvalue weighted by atomic mass is 9.89. The van der Waals surface area contributed by atoms with Crippen molar-refractivity contribution in [3.63, 3.8) is 0 Å². The van der Waals surface area contributed by atoms with Gasteiger partial charge >= 0.3 is 0 Å². The lowest BCUT2D eigenvalue weighted by Crippen LogP contribution is -2.30. The van der Waals surface area contributed by atoms with Crippen molar-refractivity contribution < 1.29 is 19.0 Å². The van der Waals surface area contributed by atoms with E-state index in [-0.39, 0.29) is 5.91 Å². The van der Waals surface area contributed by atoms with Crippen LogP contribution in [-0.2, 0) is 19.6 Å². The van der Waals surface area contributed by atoms with E-state index in [9.17, 15) is 4.79 Å². The van der Waals surface area contributed by atoms with Gasteiger partial charge in [0, 0.05) is 24.2 Å². The van der Waals surface area contributed by atoms with E-state index < -0.39 is 0 Å². The molecule has 0 saturated heterocycles. The molecule has 0 radical (unpaired) electrons. The molecule has 0 atom stereocenters. The summed E-state index contributed by atoms with van der Waals surface area (Å²) in [7, 11) is 3.32. The van der Waals surface area contributed by atoms with E-state index in [1.807, 2.05) is 49.4 Å². The fraction of sp³-hybridized carbons (Fsp3) is 0.394. The molecular weight excluding hydrogens is 534 g/mol. The number of benzene rings is 2. The summed E-state index contributed by atoms with van der Waals surface area (Å²) in [4.78, 5) is 18.3. The number of thiazole rings is 1. The van der Waals surface area contributed by atoms with Crippen molar-refractivity contribution in [1.29, 1.82) is 0 Å². The fourth-order valence-corrected chi connectivity index (χ4v) is 6.14. The number of methoxy groups -OCH3 is 2. The molecule has 2 aromatic carbocycles. The van der Waals surface area contributed by atoms with Crippen LogP contribution in [0.4, 0.5) is 0 Å². The topological polar surface area (TPSA) is 74.6 Å². The maximum atomic E-state index is 13.4. The molecule has 2 heterocycles. The molecule has 1 aliphatic rings. The van der Waals surface area contributed by atoms with Gasteiger partial charge in [-0.1, -0.05) is 31.4 Å². The smallest absolute Gasteiger partial charge is 0.253 e. The highest BCUT2D eigenvalue weighted by Gasteiger charge is 2.22. The van der Waals surface area contributed by atoms with E-state index in [0.29, 0.717) is 12.5 Å². The Morgan fingerprint density at radius 3 is 2.32 bits per heavy atom. The Kier molecular flexibility index (Phi) is 9.62. The first-order valence-electron chi connectivity index (χ1n) is 14.4. The van der Waals surface area contributed by atoms with Crippen LogP contribution in [0.5, 0.6) is 17.2 Å². The van der Waals surface area contributed by atoms with E-state index in [2.05, 4.69) is 27.4 Å². The van der Waals surface area contributed by atoms with Gasteiger partial charge in [0.2, 0.25) is 0 Å². The summed E-state index contributed by atoms with van der Waals surface area (Å²) < 4.78 is 18.7. The van der Waals surface area contributed by atoms with Crippen LogP contribution in [-0.4, -0.2) is 36.2 Å². The first-order chi connectivity index (χ1) is 20.0. The SMILES string of the molecule is COc1ccc(CCn2c(-c3csc(COc4ccc(OC)cc4)n3)cc(C(=O)NCC3CCCCC3)c2C)cc1. The van der Waals surface area contributed by atoms with E-state index in [1.165, 1.54) is 37.7 Å². The fourth-order valence-electron chi connectivity index (χ4n) is 5.44. The van der Waals surface area contributed by atoms with Crippen LogP contribution in [0.15, 0.2) is 60.0 Å². The van der Waals surface area contributed by atoms with Gasteiger partial charge in [0.25, 0.3) is 5.91 Å². The number of hydrogen-bond acceptors (Lipinski definition) is 6. The molecule has 8 heteroatoms. The Balaban J connectivity index is 1.34. The summed E-state index contributed by atoms with van der Waals surface area (Å²) in [6.07, 6.45) is 7.07. The second-order valence-electron chi connectivity index (χ2n) is 10.6. The highest BCUT2D eigenvalue weighted by Crippen LogP contribution is 2.29.